The fraction of sp³-hybridized carbons (Fsp3) is 0.350. The predicted molar refractivity (Wildman–Crippen MR) is 100 cm³/mol. The maximum absolute atomic E-state index is 13.3. The number of anilines is 1. The molecule has 5 nitrogen and oxygen atoms in total. The van der Waals surface area contributed by atoms with Crippen molar-refractivity contribution >= 4 is 11.6 Å². The van der Waals surface area contributed by atoms with Gasteiger partial charge in [0.05, 0.1) is 19.7 Å². The highest BCUT2D eigenvalue weighted by molar-refractivity contribution is 5.81. The summed E-state index contributed by atoms with van der Waals surface area (Å²) in [7, 11) is 0. The molecule has 0 radical (unpaired) electrons. The monoisotopic (exact) mass is 360 g/mol. The molecule has 0 bridgehead atoms. The maximum Gasteiger partial charge on any atom is 0.239 e. The highest BCUT2D eigenvalue weighted by Gasteiger charge is 2.10. The Hall–Kier alpha value is -2.76. The van der Waals surface area contributed by atoms with Crippen LogP contribution in [0.4, 0.5) is 10.1 Å². The van der Waals surface area contributed by atoms with E-state index in [2.05, 4.69) is 5.32 Å². The molecule has 1 N–H and O–H groups in total. The summed E-state index contributed by atoms with van der Waals surface area (Å²) < 4.78 is 24.3. The van der Waals surface area contributed by atoms with Gasteiger partial charge in [-0.3, -0.25) is 4.79 Å². The lowest BCUT2D eigenvalue weighted by molar-refractivity contribution is -0.119. The van der Waals surface area contributed by atoms with Crippen LogP contribution in [0.5, 0.6) is 11.5 Å². The molecular formula is C20H25FN2O3. The van der Waals surface area contributed by atoms with Crippen molar-refractivity contribution in [2.24, 2.45) is 0 Å². The number of halogens is 1. The van der Waals surface area contributed by atoms with Crippen LogP contribution in [0.2, 0.25) is 0 Å². The summed E-state index contributed by atoms with van der Waals surface area (Å²) in [6, 6.07) is 13.6. The molecule has 0 unspecified atom stereocenters. The minimum absolute atomic E-state index is 0.133. The average Bonchev–Trinajstić information content (AvgIpc) is 2.65. The summed E-state index contributed by atoms with van der Waals surface area (Å²) in [6.45, 7) is 6.02. The van der Waals surface area contributed by atoms with E-state index in [-0.39, 0.29) is 18.3 Å². The van der Waals surface area contributed by atoms with Crippen molar-refractivity contribution in [1.29, 1.82) is 0 Å². The van der Waals surface area contributed by atoms with Crippen molar-refractivity contribution in [3.05, 3.63) is 54.3 Å². The second-order valence-electron chi connectivity index (χ2n) is 5.60. The first-order valence-corrected chi connectivity index (χ1v) is 8.75. The third-order valence-corrected chi connectivity index (χ3v) is 3.72. The number of hydrogen-bond donors (Lipinski definition) is 1. The van der Waals surface area contributed by atoms with Crippen LogP contribution in [0.15, 0.2) is 48.5 Å². The van der Waals surface area contributed by atoms with Crippen LogP contribution in [-0.2, 0) is 4.79 Å². The van der Waals surface area contributed by atoms with Gasteiger partial charge < -0.3 is 19.7 Å². The van der Waals surface area contributed by atoms with Gasteiger partial charge >= 0.3 is 0 Å². The van der Waals surface area contributed by atoms with Gasteiger partial charge in [0.15, 0.2) is 0 Å². The Labute approximate surface area is 153 Å². The molecule has 1 amide bonds. The number of benzene rings is 2. The van der Waals surface area contributed by atoms with Crippen molar-refractivity contribution in [2.45, 2.75) is 13.8 Å². The molecule has 140 valence electrons. The Morgan fingerprint density at radius 1 is 1.08 bits per heavy atom. The third-order valence-electron chi connectivity index (χ3n) is 3.72. The van der Waals surface area contributed by atoms with Gasteiger partial charge in [0.25, 0.3) is 0 Å². The van der Waals surface area contributed by atoms with Crippen molar-refractivity contribution in [1.82, 2.24) is 5.32 Å². The van der Waals surface area contributed by atoms with Crippen LogP contribution in [0.25, 0.3) is 0 Å². The van der Waals surface area contributed by atoms with Crippen LogP contribution < -0.4 is 19.7 Å². The largest absolute Gasteiger partial charge is 0.494 e. The fourth-order valence-corrected chi connectivity index (χ4v) is 2.45. The van der Waals surface area contributed by atoms with Crippen LogP contribution >= 0.6 is 0 Å². The van der Waals surface area contributed by atoms with Gasteiger partial charge in [0.1, 0.15) is 23.9 Å². The fourth-order valence-electron chi connectivity index (χ4n) is 2.45. The van der Waals surface area contributed by atoms with E-state index in [1.54, 1.807) is 12.1 Å². The van der Waals surface area contributed by atoms with Gasteiger partial charge in [-0.1, -0.05) is 6.07 Å². The van der Waals surface area contributed by atoms with Gasteiger partial charge in [-0.2, -0.15) is 0 Å². The van der Waals surface area contributed by atoms with Crippen molar-refractivity contribution in [2.75, 3.05) is 37.7 Å². The number of ether oxygens (including phenoxy) is 2. The molecule has 0 saturated heterocycles. The summed E-state index contributed by atoms with van der Waals surface area (Å²) in [5.41, 5.74) is 0.688. The van der Waals surface area contributed by atoms with E-state index in [9.17, 15) is 9.18 Å². The molecule has 2 aromatic carbocycles. The minimum atomic E-state index is -0.315. The van der Waals surface area contributed by atoms with Gasteiger partial charge in [0.2, 0.25) is 5.91 Å². The van der Waals surface area contributed by atoms with Crippen LogP contribution in [0.1, 0.15) is 13.8 Å². The molecule has 0 aromatic heterocycles. The Kier molecular flexibility index (Phi) is 7.74. The molecule has 2 rings (SSSR count). The van der Waals surface area contributed by atoms with Crippen LogP contribution in [-0.4, -0.2) is 38.8 Å². The van der Waals surface area contributed by atoms with Crippen LogP contribution in [0, 0.1) is 5.82 Å². The zero-order chi connectivity index (χ0) is 18.8. The summed E-state index contributed by atoms with van der Waals surface area (Å²) in [5, 5.41) is 2.81. The van der Waals surface area contributed by atoms with E-state index in [0.29, 0.717) is 32.0 Å². The lowest BCUT2D eigenvalue weighted by Crippen LogP contribution is -2.38. The molecule has 0 spiro atoms. The Balaban J connectivity index is 1.72. The molecular weight excluding hydrogens is 335 g/mol. The van der Waals surface area contributed by atoms with E-state index in [1.165, 1.54) is 12.1 Å². The Morgan fingerprint density at radius 2 is 1.77 bits per heavy atom. The zero-order valence-electron chi connectivity index (χ0n) is 15.2. The van der Waals surface area contributed by atoms with Crippen molar-refractivity contribution in [3.63, 3.8) is 0 Å². The molecule has 0 atom stereocenters. The topological polar surface area (TPSA) is 50.8 Å². The quantitative estimate of drug-likeness (QED) is 0.661. The predicted octanol–water partition coefficient (Wildman–Crippen LogP) is 3.25. The highest BCUT2D eigenvalue weighted by atomic mass is 19.1. The molecule has 6 heteroatoms. The van der Waals surface area contributed by atoms with Gasteiger partial charge in [-0.25, -0.2) is 4.39 Å². The van der Waals surface area contributed by atoms with E-state index < -0.39 is 0 Å². The van der Waals surface area contributed by atoms with Gasteiger partial charge in [-0.15, -0.1) is 0 Å². The zero-order valence-corrected chi connectivity index (χ0v) is 15.2. The summed E-state index contributed by atoms with van der Waals surface area (Å²) in [6.07, 6.45) is 0. The van der Waals surface area contributed by atoms with E-state index in [0.717, 1.165) is 11.5 Å². The summed E-state index contributed by atoms with van der Waals surface area (Å²) in [5.74, 6) is 1.07. The molecule has 0 aliphatic rings. The van der Waals surface area contributed by atoms with E-state index in [4.69, 9.17) is 9.47 Å². The lowest BCUT2D eigenvalue weighted by Gasteiger charge is -2.22. The van der Waals surface area contributed by atoms with Crippen LogP contribution in [0.3, 0.4) is 0 Å². The van der Waals surface area contributed by atoms with E-state index in [1.807, 2.05) is 43.0 Å². The lowest BCUT2D eigenvalue weighted by atomic mass is 10.2. The number of nitrogens with zero attached hydrogens (tertiary/aromatic N) is 1. The summed E-state index contributed by atoms with van der Waals surface area (Å²) in [4.78, 5) is 13.9. The third kappa shape index (κ3) is 6.27. The molecule has 0 heterocycles. The second-order valence-corrected chi connectivity index (χ2v) is 5.60. The smallest absolute Gasteiger partial charge is 0.239 e. The Morgan fingerprint density at radius 3 is 2.38 bits per heavy atom. The molecule has 0 aliphatic carbocycles. The number of rotatable bonds is 10. The minimum Gasteiger partial charge on any atom is -0.494 e. The molecule has 0 aliphatic heterocycles. The number of hydrogen-bond acceptors (Lipinski definition) is 4. The van der Waals surface area contributed by atoms with Crippen molar-refractivity contribution < 1.29 is 18.7 Å². The number of likely N-dealkylation sites (N-methyl/N-ethyl adjacent to an activating group) is 1. The maximum atomic E-state index is 13.3. The molecule has 0 fully saturated rings. The summed E-state index contributed by atoms with van der Waals surface area (Å²) >= 11 is 0. The number of carbonyl (C=O) groups is 1. The standard InChI is InChI=1S/C20H25FN2O3/c1-3-23(17-7-5-6-16(21)14-17)15-20(24)22-12-13-26-19-10-8-18(9-11-19)25-4-2/h5-11,14H,3-4,12-13,15H2,1-2H3,(H,22,24). The Bertz CT molecular complexity index is 692. The number of nitrogens with one attached hydrogen (secondary N) is 1. The van der Waals surface area contributed by atoms with Gasteiger partial charge in [0, 0.05) is 12.2 Å². The second kappa shape index (κ2) is 10.3. The number of carbonyl (C=O) groups excluding carboxylic acids is 1. The highest BCUT2D eigenvalue weighted by Crippen LogP contribution is 2.17. The first-order chi connectivity index (χ1) is 12.6. The van der Waals surface area contributed by atoms with Gasteiger partial charge in [-0.05, 0) is 56.3 Å². The first kappa shape index (κ1) is 19.6. The van der Waals surface area contributed by atoms with Crippen molar-refractivity contribution in [3.8, 4) is 11.5 Å². The average molecular weight is 360 g/mol. The normalized spacial score (nSPS) is 10.3. The first-order valence-electron chi connectivity index (χ1n) is 8.75. The molecule has 0 saturated carbocycles. The number of amides is 1. The SMILES string of the molecule is CCOc1ccc(OCCNC(=O)CN(CC)c2cccc(F)c2)cc1. The molecule has 26 heavy (non-hydrogen) atoms. The molecule has 2 aromatic rings. The van der Waals surface area contributed by atoms with E-state index >= 15 is 0 Å².